The molecule has 0 aliphatic rings. The molecule has 15 heavy (non-hydrogen) atoms. The van der Waals surface area contributed by atoms with Crippen LogP contribution in [0.4, 0.5) is 0 Å². The van der Waals surface area contributed by atoms with E-state index in [4.69, 9.17) is 0 Å². The van der Waals surface area contributed by atoms with Gasteiger partial charge in [0.05, 0.1) is 0 Å². The summed E-state index contributed by atoms with van der Waals surface area (Å²) in [6, 6.07) is 7.47. The zero-order valence-electron chi connectivity index (χ0n) is 9.66. The fourth-order valence-electron chi connectivity index (χ4n) is 1.52. The second-order valence-electron chi connectivity index (χ2n) is 4.34. The van der Waals surface area contributed by atoms with Gasteiger partial charge in [0.25, 0.3) is 0 Å². The Labute approximate surface area is 92.3 Å². The van der Waals surface area contributed by atoms with E-state index in [1.807, 2.05) is 18.2 Å². The van der Waals surface area contributed by atoms with E-state index in [0.717, 1.165) is 24.6 Å². The third-order valence-corrected chi connectivity index (χ3v) is 2.44. The summed E-state index contributed by atoms with van der Waals surface area (Å²) in [7, 11) is 0. The molecule has 0 saturated carbocycles. The zero-order chi connectivity index (χ0) is 11.1. The van der Waals surface area contributed by atoms with Crippen molar-refractivity contribution in [2.24, 2.45) is 5.92 Å². The summed E-state index contributed by atoms with van der Waals surface area (Å²) in [4.78, 5) is 0. The van der Waals surface area contributed by atoms with Crippen LogP contribution in [-0.2, 0) is 6.54 Å². The first-order valence-electron chi connectivity index (χ1n) is 5.67. The molecule has 0 bridgehead atoms. The first-order chi connectivity index (χ1) is 7.20. The van der Waals surface area contributed by atoms with E-state index < -0.39 is 0 Å². The van der Waals surface area contributed by atoms with Gasteiger partial charge in [0.2, 0.25) is 0 Å². The number of phenols is 1. The van der Waals surface area contributed by atoms with Gasteiger partial charge < -0.3 is 10.4 Å². The molecule has 0 amide bonds. The number of hydrogen-bond acceptors (Lipinski definition) is 2. The van der Waals surface area contributed by atoms with E-state index in [-0.39, 0.29) is 0 Å². The summed E-state index contributed by atoms with van der Waals surface area (Å²) in [6.45, 7) is 6.25. The number of para-hydroxylation sites is 1. The highest BCUT2D eigenvalue weighted by Gasteiger charge is 1.98. The Bertz CT molecular complexity index is 284. The third kappa shape index (κ3) is 4.84. The number of hydrogen-bond donors (Lipinski definition) is 2. The van der Waals surface area contributed by atoms with Crippen molar-refractivity contribution in [2.75, 3.05) is 6.54 Å². The molecule has 1 aromatic rings. The maximum absolute atomic E-state index is 9.52. The smallest absolute Gasteiger partial charge is 0.120 e. The lowest BCUT2D eigenvalue weighted by Gasteiger charge is -2.07. The minimum Gasteiger partial charge on any atom is -0.508 e. The molecule has 2 nitrogen and oxygen atoms in total. The Balaban J connectivity index is 2.18. The lowest BCUT2D eigenvalue weighted by atomic mass is 10.1. The monoisotopic (exact) mass is 207 g/mol. The van der Waals surface area contributed by atoms with Gasteiger partial charge in [0, 0.05) is 12.1 Å². The Morgan fingerprint density at radius 3 is 2.67 bits per heavy atom. The lowest BCUT2D eigenvalue weighted by molar-refractivity contribution is 0.462. The summed E-state index contributed by atoms with van der Waals surface area (Å²) in [5, 5.41) is 12.9. The molecule has 0 aromatic heterocycles. The molecule has 2 heteroatoms. The van der Waals surface area contributed by atoms with Crippen molar-refractivity contribution in [3.63, 3.8) is 0 Å². The second kappa shape index (κ2) is 6.46. The van der Waals surface area contributed by atoms with Crippen LogP contribution < -0.4 is 5.32 Å². The van der Waals surface area contributed by atoms with E-state index >= 15 is 0 Å². The fourth-order valence-corrected chi connectivity index (χ4v) is 1.52. The van der Waals surface area contributed by atoms with Crippen molar-refractivity contribution in [2.45, 2.75) is 33.2 Å². The molecular weight excluding hydrogens is 186 g/mol. The van der Waals surface area contributed by atoms with Crippen LogP contribution in [0.2, 0.25) is 0 Å². The Morgan fingerprint density at radius 1 is 1.27 bits per heavy atom. The zero-order valence-corrected chi connectivity index (χ0v) is 9.66. The predicted molar refractivity (Wildman–Crippen MR) is 63.9 cm³/mol. The number of benzene rings is 1. The van der Waals surface area contributed by atoms with Crippen molar-refractivity contribution in [3.8, 4) is 5.75 Å². The number of nitrogens with one attached hydrogen (secondary N) is 1. The van der Waals surface area contributed by atoms with Crippen LogP contribution in [-0.4, -0.2) is 11.7 Å². The predicted octanol–water partition coefficient (Wildman–Crippen LogP) is 2.92. The van der Waals surface area contributed by atoms with Crippen molar-refractivity contribution in [1.29, 1.82) is 0 Å². The Kier molecular flexibility index (Phi) is 5.19. The summed E-state index contributed by atoms with van der Waals surface area (Å²) < 4.78 is 0. The van der Waals surface area contributed by atoms with Gasteiger partial charge in [-0.3, -0.25) is 0 Å². The molecular formula is C13H21NO. The van der Waals surface area contributed by atoms with Gasteiger partial charge in [-0.1, -0.05) is 32.0 Å². The molecule has 84 valence electrons. The number of phenolic OH excluding ortho intramolecular Hbond substituents is 1. The van der Waals surface area contributed by atoms with E-state index in [1.54, 1.807) is 6.07 Å². The third-order valence-electron chi connectivity index (χ3n) is 2.44. The summed E-state index contributed by atoms with van der Waals surface area (Å²) in [5.74, 6) is 1.16. The number of rotatable bonds is 6. The molecule has 0 fully saturated rings. The maximum atomic E-state index is 9.52. The first-order valence-corrected chi connectivity index (χ1v) is 5.67. The SMILES string of the molecule is CC(C)CCCNCc1ccccc1O. The lowest BCUT2D eigenvalue weighted by Crippen LogP contribution is -2.15. The molecule has 0 saturated heterocycles. The second-order valence-corrected chi connectivity index (χ2v) is 4.34. The number of aromatic hydroxyl groups is 1. The van der Waals surface area contributed by atoms with Gasteiger partial charge in [-0.05, 0) is 31.4 Å². The largest absolute Gasteiger partial charge is 0.508 e. The van der Waals surface area contributed by atoms with Crippen molar-refractivity contribution in [1.82, 2.24) is 5.32 Å². The summed E-state index contributed by atoms with van der Waals surface area (Å²) in [6.07, 6.45) is 2.46. The van der Waals surface area contributed by atoms with Crippen molar-refractivity contribution in [3.05, 3.63) is 29.8 Å². The highest BCUT2D eigenvalue weighted by atomic mass is 16.3. The normalized spacial score (nSPS) is 10.9. The van der Waals surface area contributed by atoms with Crippen LogP contribution in [0.1, 0.15) is 32.3 Å². The van der Waals surface area contributed by atoms with Crippen molar-refractivity contribution < 1.29 is 5.11 Å². The van der Waals surface area contributed by atoms with Crippen LogP contribution in [0.25, 0.3) is 0 Å². The minimum atomic E-state index is 0.383. The minimum absolute atomic E-state index is 0.383. The molecule has 0 radical (unpaired) electrons. The summed E-state index contributed by atoms with van der Waals surface area (Å²) >= 11 is 0. The standard InChI is InChI=1S/C13H21NO/c1-11(2)6-5-9-14-10-12-7-3-4-8-13(12)15/h3-4,7-8,11,14-15H,5-6,9-10H2,1-2H3. The van der Waals surface area contributed by atoms with Gasteiger partial charge in [-0.25, -0.2) is 0 Å². The summed E-state index contributed by atoms with van der Waals surface area (Å²) in [5.41, 5.74) is 0.974. The van der Waals surface area contributed by atoms with Gasteiger partial charge in [0.1, 0.15) is 5.75 Å². The average molecular weight is 207 g/mol. The highest BCUT2D eigenvalue weighted by Crippen LogP contribution is 2.14. The van der Waals surface area contributed by atoms with E-state index in [1.165, 1.54) is 12.8 Å². The van der Waals surface area contributed by atoms with Gasteiger partial charge in [-0.2, -0.15) is 0 Å². The average Bonchev–Trinajstić information content (AvgIpc) is 2.20. The van der Waals surface area contributed by atoms with E-state index in [0.29, 0.717) is 5.75 Å². The van der Waals surface area contributed by atoms with E-state index in [9.17, 15) is 5.11 Å². The first kappa shape index (κ1) is 12.1. The molecule has 1 aromatic carbocycles. The fraction of sp³-hybridized carbons (Fsp3) is 0.538. The highest BCUT2D eigenvalue weighted by molar-refractivity contribution is 5.31. The Hall–Kier alpha value is -1.02. The van der Waals surface area contributed by atoms with Crippen molar-refractivity contribution >= 4 is 0 Å². The maximum Gasteiger partial charge on any atom is 0.120 e. The van der Waals surface area contributed by atoms with Crippen LogP contribution in [0.5, 0.6) is 5.75 Å². The molecule has 0 aliphatic heterocycles. The van der Waals surface area contributed by atoms with Gasteiger partial charge in [0.15, 0.2) is 0 Å². The molecule has 2 N–H and O–H groups in total. The molecule has 0 aliphatic carbocycles. The molecule has 0 atom stereocenters. The van der Waals surface area contributed by atoms with Crippen LogP contribution in [0.3, 0.4) is 0 Å². The quantitative estimate of drug-likeness (QED) is 0.703. The van der Waals surface area contributed by atoms with Gasteiger partial charge >= 0.3 is 0 Å². The van der Waals surface area contributed by atoms with Crippen LogP contribution >= 0.6 is 0 Å². The molecule has 1 rings (SSSR count). The molecule has 0 unspecified atom stereocenters. The molecule has 0 heterocycles. The van der Waals surface area contributed by atoms with E-state index in [2.05, 4.69) is 19.2 Å². The topological polar surface area (TPSA) is 32.3 Å². The molecule has 0 spiro atoms. The van der Waals surface area contributed by atoms with Gasteiger partial charge in [-0.15, -0.1) is 0 Å². The van der Waals surface area contributed by atoms with Crippen LogP contribution in [0, 0.1) is 5.92 Å². The Morgan fingerprint density at radius 2 is 2.00 bits per heavy atom. The van der Waals surface area contributed by atoms with Crippen LogP contribution in [0.15, 0.2) is 24.3 Å².